The number of thiophene rings is 1. The molecule has 0 spiro atoms. The Morgan fingerprint density at radius 1 is 1.60 bits per heavy atom. The van der Waals surface area contributed by atoms with Gasteiger partial charge in [0.2, 0.25) is 5.89 Å². The van der Waals surface area contributed by atoms with Crippen LogP contribution in [0.3, 0.4) is 0 Å². The van der Waals surface area contributed by atoms with Crippen LogP contribution >= 0.6 is 11.3 Å². The monoisotopic (exact) mass is 224 g/mol. The lowest BCUT2D eigenvalue weighted by Crippen LogP contribution is -2.04. The summed E-state index contributed by atoms with van der Waals surface area (Å²) in [5.41, 5.74) is 0. The molecule has 15 heavy (non-hydrogen) atoms. The summed E-state index contributed by atoms with van der Waals surface area (Å²) in [4.78, 5) is 5.14. The number of hydrogen-bond donors (Lipinski definition) is 1. The number of aromatic nitrogens is 1. The van der Waals surface area contributed by atoms with Crippen LogP contribution in [0.2, 0.25) is 0 Å². The largest absolute Gasteiger partial charge is 0.495 e. The third-order valence-electron chi connectivity index (χ3n) is 1.95. The van der Waals surface area contributed by atoms with Gasteiger partial charge in [-0.2, -0.15) is 0 Å². The third-order valence-corrected chi connectivity index (χ3v) is 2.86. The van der Waals surface area contributed by atoms with Gasteiger partial charge in [-0.15, -0.1) is 11.3 Å². The number of ether oxygens (including phenoxy) is 1. The quantitative estimate of drug-likeness (QED) is 0.864. The Morgan fingerprint density at radius 2 is 2.47 bits per heavy atom. The van der Waals surface area contributed by atoms with Gasteiger partial charge in [0.1, 0.15) is 10.6 Å². The van der Waals surface area contributed by atoms with Crippen molar-refractivity contribution in [2.75, 3.05) is 14.2 Å². The summed E-state index contributed by atoms with van der Waals surface area (Å²) in [6.45, 7) is 0.633. The van der Waals surface area contributed by atoms with E-state index >= 15 is 0 Å². The summed E-state index contributed by atoms with van der Waals surface area (Å²) in [5, 5.41) is 4.95. The van der Waals surface area contributed by atoms with Gasteiger partial charge in [-0.05, 0) is 18.5 Å². The van der Waals surface area contributed by atoms with Crippen molar-refractivity contribution in [3.05, 3.63) is 23.5 Å². The van der Waals surface area contributed by atoms with Gasteiger partial charge in [0, 0.05) is 0 Å². The molecule has 2 aromatic rings. The maximum absolute atomic E-state index is 5.57. The highest BCUT2D eigenvalue weighted by atomic mass is 32.1. The molecule has 0 radical (unpaired) electrons. The van der Waals surface area contributed by atoms with Crippen LogP contribution in [0.25, 0.3) is 10.6 Å². The molecule has 2 heterocycles. The molecule has 4 nitrogen and oxygen atoms in total. The van der Waals surface area contributed by atoms with Crippen LogP contribution in [0.4, 0.5) is 0 Å². The maximum Gasteiger partial charge on any atom is 0.208 e. The molecule has 1 N–H and O–H groups in total. The van der Waals surface area contributed by atoms with Gasteiger partial charge in [0.25, 0.3) is 0 Å². The molecule has 0 aromatic carbocycles. The second-order valence-corrected chi connectivity index (χ2v) is 3.88. The highest BCUT2D eigenvalue weighted by Gasteiger charge is 2.12. The number of hydrogen-bond acceptors (Lipinski definition) is 5. The van der Waals surface area contributed by atoms with Crippen molar-refractivity contribution >= 4 is 11.3 Å². The number of rotatable bonds is 4. The Morgan fingerprint density at radius 3 is 3.20 bits per heavy atom. The van der Waals surface area contributed by atoms with Gasteiger partial charge in [-0.1, -0.05) is 0 Å². The smallest absolute Gasteiger partial charge is 0.208 e. The molecule has 2 aromatic heterocycles. The topological polar surface area (TPSA) is 47.3 Å². The average molecular weight is 224 g/mol. The van der Waals surface area contributed by atoms with E-state index in [9.17, 15) is 0 Å². The van der Waals surface area contributed by atoms with E-state index in [0.717, 1.165) is 16.4 Å². The third kappa shape index (κ3) is 2.03. The van der Waals surface area contributed by atoms with Gasteiger partial charge in [0.05, 0.1) is 19.9 Å². The Hall–Kier alpha value is -1.33. The van der Waals surface area contributed by atoms with Crippen LogP contribution in [0, 0.1) is 0 Å². The van der Waals surface area contributed by atoms with Gasteiger partial charge in [0.15, 0.2) is 5.76 Å². The minimum Gasteiger partial charge on any atom is -0.495 e. The zero-order valence-electron chi connectivity index (χ0n) is 8.61. The second kappa shape index (κ2) is 4.46. The van der Waals surface area contributed by atoms with E-state index in [1.165, 1.54) is 0 Å². The minimum absolute atomic E-state index is 0.633. The molecule has 2 rings (SSSR count). The molecule has 0 bridgehead atoms. The van der Waals surface area contributed by atoms with Crippen molar-refractivity contribution in [3.63, 3.8) is 0 Å². The van der Waals surface area contributed by atoms with Gasteiger partial charge in [-0.25, -0.2) is 4.98 Å². The molecular weight excluding hydrogens is 212 g/mol. The first-order chi connectivity index (χ1) is 7.35. The number of methoxy groups -OCH3 is 1. The second-order valence-electron chi connectivity index (χ2n) is 2.97. The molecular formula is C10H12N2O2S. The Balaban J connectivity index is 2.28. The van der Waals surface area contributed by atoms with Crippen molar-refractivity contribution < 1.29 is 9.15 Å². The molecule has 0 aliphatic heterocycles. The van der Waals surface area contributed by atoms with E-state index in [1.807, 2.05) is 18.5 Å². The molecule has 0 atom stereocenters. The van der Waals surface area contributed by atoms with E-state index < -0.39 is 0 Å². The van der Waals surface area contributed by atoms with Crippen molar-refractivity contribution in [3.8, 4) is 16.4 Å². The highest BCUT2D eigenvalue weighted by Crippen LogP contribution is 2.35. The lowest BCUT2D eigenvalue weighted by Gasteiger charge is -1.97. The number of nitrogens with one attached hydrogen (secondary N) is 1. The Kier molecular flexibility index (Phi) is 3.03. The number of oxazole rings is 1. The first kappa shape index (κ1) is 10.2. The summed E-state index contributed by atoms with van der Waals surface area (Å²) >= 11 is 1.58. The normalized spacial score (nSPS) is 10.5. The van der Waals surface area contributed by atoms with E-state index in [1.54, 1.807) is 24.6 Å². The molecule has 0 aliphatic carbocycles. The van der Waals surface area contributed by atoms with Crippen LogP contribution in [0.15, 0.2) is 22.1 Å². The zero-order chi connectivity index (χ0) is 10.7. The molecule has 0 amide bonds. The minimum atomic E-state index is 0.633. The lowest BCUT2D eigenvalue weighted by atomic mass is 10.4. The van der Waals surface area contributed by atoms with Crippen LogP contribution in [0.5, 0.6) is 5.75 Å². The molecule has 0 saturated carbocycles. The molecule has 0 saturated heterocycles. The van der Waals surface area contributed by atoms with Crippen LogP contribution in [0.1, 0.15) is 5.89 Å². The Labute approximate surface area is 91.9 Å². The fourth-order valence-electron chi connectivity index (χ4n) is 1.29. The van der Waals surface area contributed by atoms with E-state index in [2.05, 4.69) is 10.3 Å². The fraction of sp³-hybridized carbons (Fsp3) is 0.300. The van der Waals surface area contributed by atoms with Crippen molar-refractivity contribution in [1.29, 1.82) is 0 Å². The molecule has 5 heteroatoms. The van der Waals surface area contributed by atoms with Gasteiger partial charge < -0.3 is 14.5 Å². The summed E-state index contributed by atoms with van der Waals surface area (Å²) < 4.78 is 10.8. The van der Waals surface area contributed by atoms with Crippen molar-refractivity contribution in [2.24, 2.45) is 0 Å². The standard InChI is InChI=1S/C10H12N2O2S/c1-11-6-9-12-5-8(14-9)10-7(13-2)3-4-15-10/h3-5,11H,6H2,1-2H3. The highest BCUT2D eigenvalue weighted by molar-refractivity contribution is 7.13. The van der Waals surface area contributed by atoms with Gasteiger partial charge in [-0.3, -0.25) is 0 Å². The van der Waals surface area contributed by atoms with Crippen LogP contribution < -0.4 is 10.1 Å². The van der Waals surface area contributed by atoms with Crippen molar-refractivity contribution in [1.82, 2.24) is 10.3 Å². The maximum atomic E-state index is 5.57. The average Bonchev–Trinajstić information content (AvgIpc) is 2.84. The summed E-state index contributed by atoms with van der Waals surface area (Å²) in [7, 11) is 3.51. The van der Waals surface area contributed by atoms with E-state index in [-0.39, 0.29) is 0 Å². The Bertz CT molecular complexity index is 436. The SMILES string of the molecule is CNCc1ncc(-c2sccc2OC)o1. The van der Waals surface area contributed by atoms with Crippen LogP contribution in [-0.4, -0.2) is 19.1 Å². The fourth-order valence-corrected chi connectivity index (χ4v) is 2.09. The first-order valence-electron chi connectivity index (χ1n) is 4.56. The molecule has 80 valence electrons. The van der Waals surface area contributed by atoms with E-state index in [0.29, 0.717) is 12.4 Å². The summed E-state index contributed by atoms with van der Waals surface area (Å²) in [5.74, 6) is 2.27. The van der Waals surface area contributed by atoms with Crippen LogP contribution in [-0.2, 0) is 6.54 Å². The predicted molar refractivity (Wildman–Crippen MR) is 59.1 cm³/mol. The zero-order valence-corrected chi connectivity index (χ0v) is 9.43. The molecule has 0 fully saturated rings. The lowest BCUT2D eigenvalue weighted by molar-refractivity contribution is 0.415. The van der Waals surface area contributed by atoms with Gasteiger partial charge >= 0.3 is 0 Å². The molecule has 0 unspecified atom stereocenters. The number of nitrogens with zero attached hydrogens (tertiary/aromatic N) is 1. The summed E-state index contributed by atoms with van der Waals surface area (Å²) in [6, 6.07) is 1.92. The first-order valence-corrected chi connectivity index (χ1v) is 5.44. The van der Waals surface area contributed by atoms with Crippen molar-refractivity contribution in [2.45, 2.75) is 6.54 Å². The molecule has 0 aliphatic rings. The summed E-state index contributed by atoms with van der Waals surface area (Å²) in [6.07, 6.45) is 1.72. The predicted octanol–water partition coefficient (Wildman–Crippen LogP) is 2.13. The van der Waals surface area contributed by atoms with E-state index in [4.69, 9.17) is 9.15 Å².